The summed E-state index contributed by atoms with van der Waals surface area (Å²) in [5.74, 6) is -0.306. The van der Waals surface area contributed by atoms with Crippen molar-refractivity contribution in [2.24, 2.45) is 0 Å². The molecule has 38 heavy (non-hydrogen) atoms. The van der Waals surface area contributed by atoms with Gasteiger partial charge in [0.2, 0.25) is 11.8 Å². The van der Waals surface area contributed by atoms with Crippen LogP contribution >= 0.6 is 11.8 Å². The summed E-state index contributed by atoms with van der Waals surface area (Å²) >= 11 is 1.36. The Bertz CT molecular complexity index is 1430. The number of urea groups is 1. The van der Waals surface area contributed by atoms with E-state index in [4.69, 9.17) is 0 Å². The summed E-state index contributed by atoms with van der Waals surface area (Å²) in [6, 6.07) is 14.2. The van der Waals surface area contributed by atoms with Gasteiger partial charge in [-0.05, 0) is 49.2 Å². The summed E-state index contributed by atoms with van der Waals surface area (Å²) < 4.78 is 0. The third-order valence-electron chi connectivity index (χ3n) is 7.08. The summed E-state index contributed by atoms with van der Waals surface area (Å²) in [5, 5.41) is 6.33. The number of benzene rings is 1. The van der Waals surface area contributed by atoms with Crippen LogP contribution in [-0.4, -0.2) is 57.1 Å². The molecule has 3 aliphatic heterocycles. The van der Waals surface area contributed by atoms with E-state index >= 15 is 0 Å². The van der Waals surface area contributed by atoms with Gasteiger partial charge in [0.15, 0.2) is 0 Å². The number of carbonyl (C=O) groups excluding carboxylic acids is 3. The molecule has 6 rings (SSSR count). The van der Waals surface area contributed by atoms with E-state index in [1.54, 1.807) is 22.2 Å². The first-order valence-corrected chi connectivity index (χ1v) is 13.4. The van der Waals surface area contributed by atoms with Crippen LogP contribution in [0.15, 0.2) is 78.6 Å². The zero-order chi connectivity index (χ0) is 26.2. The third-order valence-corrected chi connectivity index (χ3v) is 8.37. The smallest absolute Gasteiger partial charge is 0.327 e. The first-order valence-electron chi connectivity index (χ1n) is 12.5. The Balaban J connectivity index is 1.26. The molecule has 10 heteroatoms. The largest absolute Gasteiger partial charge is 0.351 e. The van der Waals surface area contributed by atoms with Gasteiger partial charge in [0.1, 0.15) is 10.3 Å². The number of anilines is 2. The highest BCUT2D eigenvalue weighted by atomic mass is 32.2. The molecule has 0 spiro atoms. The van der Waals surface area contributed by atoms with Crippen molar-refractivity contribution in [3.8, 4) is 11.3 Å². The van der Waals surface area contributed by atoms with Crippen molar-refractivity contribution in [3.05, 3.63) is 79.1 Å². The molecule has 0 saturated carbocycles. The average Bonchev–Trinajstić information content (AvgIpc) is 3.33. The number of thioether (sulfide) groups is 1. The standard InChI is InChI=1S/C28H26N6O3S/c1-2-22(35)33-14-6-8-18(16-33)31-26(36)25-24-23-21(11-13-30-27(23)38-25)34(28(37)32-24)19-9-5-7-17(15-19)20-10-3-4-12-29-20/h2-5,7,9-13,15,18,24-25H,1,6,8,14,16H2,(H,31,36)(H,32,37)/t18?,24?,25-/m1/s1. The first kappa shape index (κ1) is 24.2. The fourth-order valence-electron chi connectivity index (χ4n) is 5.33. The Morgan fingerprint density at radius 1 is 1.13 bits per heavy atom. The lowest BCUT2D eigenvalue weighted by molar-refractivity contribution is -0.129. The van der Waals surface area contributed by atoms with Crippen LogP contribution in [0.1, 0.15) is 24.4 Å². The summed E-state index contributed by atoms with van der Waals surface area (Å²) in [7, 11) is 0. The van der Waals surface area contributed by atoms with Crippen LogP contribution in [0.2, 0.25) is 0 Å². The maximum atomic E-state index is 13.5. The van der Waals surface area contributed by atoms with E-state index in [1.807, 2.05) is 48.5 Å². The van der Waals surface area contributed by atoms with Gasteiger partial charge in [-0.2, -0.15) is 0 Å². The number of amides is 4. The van der Waals surface area contributed by atoms with Crippen molar-refractivity contribution in [2.75, 3.05) is 18.0 Å². The van der Waals surface area contributed by atoms with Gasteiger partial charge in [-0.3, -0.25) is 19.5 Å². The average molecular weight is 527 g/mol. The van der Waals surface area contributed by atoms with Crippen LogP contribution in [0.25, 0.3) is 11.3 Å². The second-order valence-corrected chi connectivity index (χ2v) is 10.6. The van der Waals surface area contributed by atoms with Gasteiger partial charge in [0.05, 0.1) is 23.1 Å². The summed E-state index contributed by atoms with van der Waals surface area (Å²) in [6.07, 6.45) is 6.31. The molecule has 3 aromatic rings. The van der Waals surface area contributed by atoms with Gasteiger partial charge in [0, 0.05) is 42.7 Å². The van der Waals surface area contributed by atoms with E-state index in [-0.39, 0.29) is 23.9 Å². The predicted octanol–water partition coefficient (Wildman–Crippen LogP) is 3.81. The maximum absolute atomic E-state index is 13.5. The molecule has 192 valence electrons. The third kappa shape index (κ3) is 4.30. The molecule has 0 aliphatic carbocycles. The molecule has 2 unspecified atom stereocenters. The number of hydrogen-bond acceptors (Lipinski definition) is 6. The lowest BCUT2D eigenvalue weighted by Crippen LogP contribution is -2.53. The Kier molecular flexibility index (Phi) is 6.32. The van der Waals surface area contributed by atoms with Crippen LogP contribution in [0, 0.1) is 0 Å². The molecule has 0 radical (unpaired) electrons. The van der Waals surface area contributed by atoms with Crippen LogP contribution in [0.5, 0.6) is 0 Å². The van der Waals surface area contributed by atoms with Crippen molar-refractivity contribution in [1.82, 2.24) is 25.5 Å². The normalized spacial score (nSPS) is 21.9. The van der Waals surface area contributed by atoms with Crippen LogP contribution in [0.3, 0.4) is 0 Å². The summed E-state index contributed by atoms with van der Waals surface area (Å²) in [6.45, 7) is 4.67. The Morgan fingerprint density at radius 3 is 2.84 bits per heavy atom. The molecule has 1 aromatic carbocycles. The minimum atomic E-state index is -0.560. The van der Waals surface area contributed by atoms with Gasteiger partial charge in [-0.1, -0.05) is 36.5 Å². The first-order chi connectivity index (χ1) is 18.5. The Morgan fingerprint density at radius 2 is 2.03 bits per heavy atom. The Labute approximate surface area is 224 Å². The fourth-order valence-corrected chi connectivity index (χ4v) is 6.56. The monoisotopic (exact) mass is 526 g/mol. The molecule has 3 aliphatic rings. The minimum Gasteiger partial charge on any atom is -0.351 e. The lowest BCUT2D eigenvalue weighted by atomic mass is 9.99. The quantitative estimate of drug-likeness (QED) is 0.490. The van der Waals surface area contributed by atoms with E-state index in [0.717, 1.165) is 34.7 Å². The van der Waals surface area contributed by atoms with Crippen molar-refractivity contribution in [1.29, 1.82) is 0 Å². The van der Waals surface area contributed by atoms with Crippen LogP contribution < -0.4 is 15.5 Å². The molecule has 2 aromatic heterocycles. The zero-order valence-electron chi connectivity index (χ0n) is 20.5. The highest BCUT2D eigenvalue weighted by Gasteiger charge is 2.47. The highest BCUT2D eigenvalue weighted by molar-refractivity contribution is 8.01. The molecule has 3 atom stereocenters. The maximum Gasteiger partial charge on any atom is 0.327 e. The summed E-state index contributed by atoms with van der Waals surface area (Å²) in [4.78, 5) is 51.3. The second kappa shape index (κ2) is 9.94. The lowest BCUT2D eigenvalue weighted by Gasteiger charge is -2.35. The molecule has 2 N–H and O–H groups in total. The highest BCUT2D eigenvalue weighted by Crippen LogP contribution is 2.50. The van der Waals surface area contributed by atoms with Crippen molar-refractivity contribution < 1.29 is 14.4 Å². The molecule has 4 amide bonds. The number of aromatic nitrogens is 2. The van der Waals surface area contributed by atoms with E-state index in [9.17, 15) is 14.4 Å². The minimum absolute atomic E-state index is 0.132. The Hall–Kier alpha value is -4.18. The second-order valence-electron chi connectivity index (χ2n) is 9.45. The number of carbonyl (C=O) groups is 3. The molecule has 1 saturated heterocycles. The fraction of sp³-hybridized carbons (Fsp3) is 0.250. The van der Waals surface area contributed by atoms with Gasteiger partial charge < -0.3 is 15.5 Å². The topological polar surface area (TPSA) is 108 Å². The predicted molar refractivity (Wildman–Crippen MR) is 145 cm³/mol. The number of piperidine rings is 1. The van der Waals surface area contributed by atoms with E-state index < -0.39 is 11.3 Å². The molecular formula is C28H26N6O3S. The van der Waals surface area contributed by atoms with E-state index in [2.05, 4.69) is 27.2 Å². The van der Waals surface area contributed by atoms with Gasteiger partial charge in [0.25, 0.3) is 0 Å². The van der Waals surface area contributed by atoms with E-state index in [1.165, 1.54) is 17.8 Å². The number of rotatable bonds is 5. The van der Waals surface area contributed by atoms with Crippen molar-refractivity contribution in [3.63, 3.8) is 0 Å². The van der Waals surface area contributed by atoms with Gasteiger partial charge in [-0.15, -0.1) is 0 Å². The molecule has 0 bridgehead atoms. The summed E-state index contributed by atoms with van der Waals surface area (Å²) in [5.41, 5.74) is 3.96. The molecule has 1 fully saturated rings. The van der Waals surface area contributed by atoms with Gasteiger partial charge >= 0.3 is 6.03 Å². The van der Waals surface area contributed by atoms with Crippen molar-refractivity contribution in [2.45, 2.75) is 35.2 Å². The zero-order valence-corrected chi connectivity index (χ0v) is 21.4. The van der Waals surface area contributed by atoms with Crippen LogP contribution in [-0.2, 0) is 9.59 Å². The number of pyridine rings is 2. The number of nitrogens with zero attached hydrogens (tertiary/aromatic N) is 4. The SMILES string of the molecule is C=CC(=O)N1CCCC(NC(=O)[C@@H]2Sc3nccc4c3C2NC(=O)N4c2cccc(-c3ccccn3)c2)C1. The van der Waals surface area contributed by atoms with Crippen molar-refractivity contribution >= 4 is 41.0 Å². The van der Waals surface area contributed by atoms with E-state index in [0.29, 0.717) is 24.5 Å². The number of nitrogens with one attached hydrogen (secondary N) is 2. The molecule has 5 heterocycles. The number of hydrogen-bond donors (Lipinski definition) is 2. The molecule has 9 nitrogen and oxygen atoms in total. The van der Waals surface area contributed by atoms with Crippen LogP contribution in [0.4, 0.5) is 16.2 Å². The van der Waals surface area contributed by atoms with Gasteiger partial charge in [-0.25, -0.2) is 9.78 Å². The number of likely N-dealkylation sites (tertiary alicyclic amines) is 1. The molecular weight excluding hydrogens is 500 g/mol.